The third-order valence-corrected chi connectivity index (χ3v) is 5.13. The number of fused-ring (bicyclic) bond motifs is 1. The molecule has 4 rings (SSSR count). The highest BCUT2D eigenvalue weighted by atomic mass is 16.6. The second-order valence-electron chi connectivity index (χ2n) is 7.32. The maximum absolute atomic E-state index is 13.2. The molecule has 2 N–H and O–H groups in total. The minimum absolute atomic E-state index is 0.289. The van der Waals surface area contributed by atoms with E-state index in [1.54, 1.807) is 24.3 Å². The summed E-state index contributed by atoms with van der Waals surface area (Å²) >= 11 is 0. The van der Waals surface area contributed by atoms with Gasteiger partial charge in [0.1, 0.15) is 19.3 Å². The summed E-state index contributed by atoms with van der Waals surface area (Å²) in [5, 5.41) is 5.87. The van der Waals surface area contributed by atoms with Gasteiger partial charge in [0.2, 0.25) is 5.91 Å². The van der Waals surface area contributed by atoms with Crippen molar-refractivity contribution in [2.75, 3.05) is 13.2 Å². The van der Waals surface area contributed by atoms with Crippen LogP contribution in [0.3, 0.4) is 0 Å². The van der Waals surface area contributed by atoms with Crippen molar-refractivity contribution in [1.29, 1.82) is 0 Å². The molecule has 158 valence electrons. The molecule has 3 aromatic rings. The standard InChI is InChI=1S/C25H24N2O4/c1-17(20-12-13-21-22(16-20)31-15-14-30-21)26-25(29)23(18-8-4-2-5-9-18)27-24(28)19-10-6-3-7-11-19/h2-13,16-17,23H,14-15H2,1H3,(H,26,29)(H,27,28). The van der Waals surface area contributed by atoms with E-state index in [0.29, 0.717) is 35.8 Å². The summed E-state index contributed by atoms with van der Waals surface area (Å²) in [7, 11) is 0. The molecule has 1 aliphatic rings. The van der Waals surface area contributed by atoms with Crippen LogP contribution in [-0.4, -0.2) is 25.0 Å². The first kappa shape index (κ1) is 20.5. The van der Waals surface area contributed by atoms with Crippen LogP contribution in [0.1, 0.15) is 40.5 Å². The van der Waals surface area contributed by atoms with Gasteiger partial charge in [-0.15, -0.1) is 0 Å². The molecule has 2 amide bonds. The molecule has 0 radical (unpaired) electrons. The SMILES string of the molecule is CC(NC(=O)C(NC(=O)c1ccccc1)c1ccccc1)c1ccc2c(c1)OCCO2. The third-order valence-electron chi connectivity index (χ3n) is 5.13. The fourth-order valence-electron chi connectivity index (χ4n) is 3.46. The van der Waals surface area contributed by atoms with E-state index >= 15 is 0 Å². The summed E-state index contributed by atoms with van der Waals surface area (Å²) in [4.78, 5) is 25.9. The zero-order valence-corrected chi connectivity index (χ0v) is 17.2. The van der Waals surface area contributed by atoms with Gasteiger partial charge in [0, 0.05) is 5.56 Å². The molecule has 0 saturated heterocycles. The molecule has 0 aromatic heterocycles. The largest absolute Gasteiger partial charge is 0.486 e. The number of ether oxygens (including phenoxy) is 2. The number of amides is 2. The van der Waals surface area contributed by atoms with Crippen molar-refractivity contribution >= 4 is 11.8 Å². The fourth-order valence-corrected chi connectivity index (χ4v) is 3.46. The number of carbonyl (C=O) groups is 2. The van der Waals surface area contributed by atoms with Crippen LogP contribution in [0, 0.1) is 0 Å². The Morgan fingerprint density at radius 3 is 2.13 bits per heavy atom. The molecule has 2 unspecified atom stereocenters. The maximum atomic E-state index is 13.2. The van der Waals surface area contributed by atoms with Crippen LogP contribution in [0.4, 0.5) is 0 Å². The number of hydrogen-bond donors (Lipinski definition) is 2. The highest BCUT2D eigenvalue weighted by molar-refractivity contribution is 5.97. The first-order valence-corrected chi connectivity index (χ1v) is 10.2. The van der Waals surface area contributed by atoms with E-state index in [0.717, 1.165) is 5.56 Å². The zero-order valence-electron chi connectivity index (χ0n) is 17.2. The molecule has 3 aromatic carbocycles. The fraction of sp³-hybridized carbons (Fsp3) is 0.200. The molecule has 2 atom stereocenters. The van der Waals surface area contributed by atoms with Crippen molar-refractivity contribution in [2.45, 2.75) is 19.0 Å². The first-order valence-electron chi connectivity index (χ1n) is 10.2. The van der Waals surface area contributed by atoms with Crippen LogP contribution in [0.15, 0.2) is 78.9 Å². The van der Waals surface area contributed by atoms with Crippen LogP contribution in [0.2, 0.25) is 0 Å². The molecule has 6 nitrogen and oxygen atoms in total. The van der Waals surface area contributed by atoms with Crippen molar-refractivity contribution in [3.8, 4) is 11.5 Å². The number of benzene rings is 3. The van der Waals surface area contributed by atoms with Crippen molar-refractivity contribution in [3.05, 3.63) is 95.6 Å². The lowest BCUT2D eigenvalue weighted by molar-refractivity contribution is -0.123. The predicted octanol–water partition coefficient (Wildman–Crippen LogP) is 3.81. The Kier molecular flexibility index (Phi) is 6.17. The molecule has 0 spiro atoms. The molecular formula is C25H24N2O4. The van der Waals surface area contributed by atoms with Crippen LogP contribution in [-0.2, 0) is 4.79 Å². The van der Waals surface area contributed by atoms with Crippen LogP contribution in [0.25, 0.3) is 0 Å². The highest BCUT2D eigenvalue weighted by Gasteiger charge is 2.25. The molecule has 31 heavy (non-hydrogen) atoms. The van der Waals surface area contributed by atoms with Gasteiger partial charge in [-0.1, -0.05) is 54.6 Å². The lowest BCUT2D eigenvalue weighted by Gasteiger charge is -2.24. The maximum Gasteiger partial charge on any atom is 0.252 e. The number of rotatable bonds is 6. The minimum Gasteiger partial charge on any atom is -0.486 e. The van der Waals surface area contributed by atoms with E-state index in [4.69, 9.17) is 9.47 Å². The van der Waals surface area contributed by atoms with Gasteiger partial charge in [-0.2, -0.15) is 0 Å². The van der Waals surface area contributed by atoms with Crippen LogP contribution in [0.5, 0.6) is 11.5 Å². The van der Waals surface area contributed by atoms with Gasteiger partial charge in [0.05, 0.1) is 6.04 Å². The summed E-state index contributed by atoms with van der Waals surface area (Å²) in [6, 6.07) is 22.6. The Labute approximate surface area is 181 Å². The first-order chi connectivity index (χ1) is 15.1. The third kappa shape index (κ3) is 4.86. The van der Waals surface area contributed by atoms with Crippen molar-refractivity contribution < 1.29 is 19.1 Å². The predicted molar refractivity (Wildman–Crippen MR) is 117 cm³/mol. The number of nitrogens with one attached hydrogen (secondary N) is 2. The quantitative estimate of drug-likeness (QED) is 0.641. The molecule has 0 saturated carbocycles. The summed E-state index contributed by atoms with van der Waals surface area (Å²) < 4.78 is 11.2. The van der Waals surface area contributed by atoms with E-state index in [2.05, 4.69) is 10.6 Å². The minimum atomic E-state index is -0.825. The summed E-state index contributed by atoms with van der Waals surface area (Å²) in [5.74, 6) is 0.766. The molecule has 6 heteroatoms. The average Bonchev–Trinajstić information content (AvgIpc) is 2.83. The van der Waals surface area contributed by atoms with E-state index in [1.807, 2.05) is 61.5 Å². The van der Waals surface area contributed by atoms with Gasteiger partial charge in [-0.25, -0.2) is 0 Å². The van der Waals surface area contributed by atoms with Gasteiger partial charge in [0.25, 0.3) is 5.91 Å². The lowest BCUT2D eigenvalue weighted by Crippen LogP contribution is -2.41. The Balaban J connectivity index is 1.52. The van der Waals surface area contributed by atoms with Gasteiger partial charge < -0.3 is 20.1 Å². The van der Waals surface area contributed by atoms with E-state index in [-0.39, 0.29) is 17.9 Å². The van der Waals surface area contributed by atoms with Crippen molar-refractivity contribution in [3.63, 3.8) is 0 Å². The Hall–Kier alpha value is -3.80. The second kappa shape index (κ2) is 9.34. The lowest BCUT2D eigenvalue weighted by atomic mass is 10.0. The number of carbonyl (C=O) groups excluding carboxylic acids is 2. The molecule has 0 bridgehead atoms. The second-order valence-corrected chi connectivity index (χ2v) is 7.32. The molecule has 0 aliphatic carbocycles. The Bertz CT molecular complexity index is 1050. The molecule has 0 fully saturated rings. The Morgan fingerprint density at radius 1 is 0.774 bits per heavy atom. The van der Waals surface area contributed by atoms with Gasteiger partial charge in [-0.05, 0) is 42.3 Å². The van der Waals surface area contributed by atoms with Gasteiger partial charge in [0.15, 0.2) is 11.5 Å². The van der Waals surface area contributed by atoms with Gasteiger partial charge in [-0.3, -0.25) is 9.59 Å². The molecule has 1 heterocycles. The zero-order chi connectivity index (χ0) is 21.6. The normalized spacial score (nSPS) is 14.2. The summed E-state index contributed by atoms with van der Waals surface area (Å²) in [6.45, 7) is 2.92. The molecule has 1 aliphatic heterocycles. The topological polar surface area (TPSA) is 76.7 Å². The summed E-state index contributed by atoms with van der Waals surface area (Å²) in [5.41, 5.74) is 2.09. The Morgan fingerprint density at radius 2 is 1.42 bits per heavy atom. The monoisotopic (exact) mass is 416 g/mol. The van der Waals surface area contributed by atoms with Crippen molar-refractivity contribution in [2.24, 2.45) is 0 Å². The summed E-state index contributed by atoms with van der Waals surface area (Å²) in [6.07, 6.45) is 0. The highest BCUT2D eigenvalue weighted by Crippen LogP contribution is 2.32. The van der Waals surface area contributed by atoms with E-state index in [9.17, 15) is 9.59 Å². The van der Waals surface area contributed by atoms with E-state index in [1.165, 1.54) is 0 Å². The van der Waals surface area contributed by atoms with Crippen LogP contribution < -0.4 is 20.1 Å². The van der Waals surface area contributed by atoms with Gasteiger partial charge >= 0.3 is 0 Å². The smallest absolute Gasteiger partial charge is 0.252 e. The molecular weight excluding hydrogens is 392 g/mol. The van der Waals surface area contributed by atoms with Crippen molar-refractivity contribution in [1.82, 2.24) is 10.6 Å². The number of hydrogen-bond acceptors (Lipinski definition) is 4. The van der Waals surface area contributed by atoms with E-state index < -0.39 is 6.04 Å². The average molecular weight is 416 g/mol. The van der Waals surface area contributed by atoms with Crippen LogP contribution >= 0.6 is 0 Å².